The van der Waals surface area contributed by atoms with Crippen LogP contribution >= 0.6 is 0 Å². The van der Waals surface area contributed by atoms with Gasteiger partial charge in [-0.2, -0.15) is 0 Å². The number of anilines is 1. The lowest BCUT2D eigenvalue weighted by Gasteiger charge is -2.39. The van der Waals surface area contributed by atoms with E-state index in [-0.39, 0.29) is 0 Å². The zero-order valence-electron chi connectivity index (χ0n) is 12.6. The summed E-state index contributed by atoms with van der Waals surface area (Å²) in [6.45, 7) is 2.76. The molecule has 3 rings (SSSR count). The predicted octanol–water partition coefficient (Wildman–Crippen LogP) is 4.86. The van der Waals surface area contributed by atoms with E-state index in [1.54, 1.807) is 0 Å². The Labute approximate surface area is 122 Å². The Kier molecular flexibility index (Phi) is 4.49. The van der Waals surface area contributed by atoms with E-state index in [4.69, 9.17) is 4.74 Å². The lowest BCUT2D eigenvalue weighted by atomic mass is 9.69. The highest BCUT2D eigenvalue weighted by Gasteiger charge is 2.31. The normalized spacial score (nSPS) is 29.6. The Morgan fingerprint density at radius 2 is 1.75 bits per heavy atom. The van der Waals surface area contributed by atoms with Crippen LogP contribution in [0.1, 0.15) is 51.9 Å². The highest BCUT2D eigenvalue weighted by molar-refractivity contribution is 5.47. The van der Waals surface area contributed by atoms with Gasteiger partial charge >= 0.3 is 0 Å². The number of hydrogen-bond acceptors (Lipinski definition) is 2. The molecule has 0 saturated heterocycles. The fourth-order valence-electron chi connectivity index (χ4n) is 4.05. The standard InChI is InChI=1S/C18H27NO/c1-2-20-18-11-9-16(10-12-18)19-17-8-7-14-5-3-4-6-15(14)13-17/h9-12,14-15,17,19H,2-8,13H2,1H3. The van der Waals surface area contributed by atoms with Gasteiger partial charge in [0.05, 0.1) is 6.61 Å². The number of nitrogens with one attached hydrogen (secondary N) is 1. The number of hydrogen-bond donors (Lipinski definition) is 1. The van der Waals surface area contributed by atoms with Crippen molar-refractivity contribution in [3.8, 4) is 5.75 Å². The van der Waals surface area contributed by atoms with Gasteiger partial charge in [0.2, 0.25) is 0 Å². The first-order valence-electron chi connectivity index (χ1n) is 8.34. The van der Waals surface area contributed by atoms with Crippen molar-refractivity contribution in [1.82, 2.24) is 0 Å². The van der Waals surface area contributed by atoms with Crippen LogP contribution in [0, 0.1) is 11.8 Å². The Morgan fingerprint density at radius 3 is 2.50 bits per heavy atom. The van der Waals surface area contributed by atoms with Crippen LogP contribution in [0.5, 0.6) is 5.75 Å². The van der Waals surface area contributed by atoms with Crippen molar-refractivity contribution in [3.63, 3.8) is 0 Å². The summed E-state index contributed by atoms with van der Waals surface area (Å²) in [7, 11) is 0. The summed E-state index contributed by atoms with van der Waals surface area (Å²) in [5.74, 6) is 2.98. The van der Waals surface area contributed by atoms with Crippen LogP contribution in [0.4, 0.5) is 5.69 Å². The van der Waals surface area contributed by atoms with Crippen LogP contribution < -0.4 is 10.1 Å². The minimum absolute atomic E-state index is 0.673. The van der Waals surface area contributed by atoms with Gasteiger partial charge in [-0.25, -0.2) is 0 Å². The van der Waals surface area contributed by atoms with Gasteiger partial charge in [-0.05, 0) is 62.3 Å². The first kappa shape index (κ1) is 13.8. The van der Waals surface area contributed by atoms with Crippen LogP contribution in [0.2, 0.25) is 0 Å². The van der Waals surface area contributed by atoms with Crippen LogP contribution in [-0.2, 0) is 0 Å². The molecule has 1 aromatic rings. The third-order valence-electron chi connectivity index (χ3n) is 5.08. The quantitative estimate of drug-likeness (QED) is 0.846. The van der Waals surface area contributed by atoms with Crippen molar-refractivity contribution in [2.45, 2.75) is 57.9 Å². The molecule has 110 valence electrons. The summed E-state index contributed by atoms with van der Waals surface area (Å²) in [6, 6.07) is 9.11. The van der Waals surface area contributed by atoms with E-state index < -0.39 is 0 Å². The van der Waals surface area contributed by atoms with Gasteiger partial charge in [-0.3, -0.25) is 0 Å². The molecule has 3 unspecified atom stereocenters. The molecule has 0 radical (unpaired) electrons. The summed E-state index contributed by atoms with van der Waals surface area (Å²) >= 11 is 0. The van der Waals surface area contributed by atoms with Gasteiger partial charge in [0.1, 0.15) is 5.75 Å². The number of fused-ring (bicyclic) bond motifs is 1. The second kappa shape index (κ2) is 6.51. The molecule has 0 bridgehead atoms. The predicted molar refractivity (Wildman–Crippen MR) is 84.3 cm³/mol. The molecule has 0 spiro atoms. The second-order valence-corrected chi connectivity index (χ2v) is 6.42. The molecule has 3 atom stereocenters. The third-order valence-corrected chi connectivity index (χ3v) is 5.08. The largest absolute Gasteiger partial charge is 0.494 e. The Morgan fingerprint density at radius 1 is 1.00 bits per heavy atom. The van der Waals surface area contributed by atoms with E-state index in [0.29, 0.717) is 6.04 Å². The maximum absolute atomic E-state index is 5.49. The monoisotopic (exact) mass is 273 g/mol. The van der Waals surface area contributed by atoms with E-state index in [0.717, 1.165) is 24.2 Å². The Balaban J connectivity index is 1.55. The van der Waals surface area contributed by atoms with Gasteiger partial charge in [0.15, 0.2) is 0 Å². The van der Waals surface area contributed by atoms with Gasteiger partial charge in [-0.15, -0.1) is 0 Å². The molecule has 2 nitrogen and oxygen atoms in total. The van der Waals surface area contributed by atoms with Gasteiger partial charge in [0, 0.05) is 11.7 Å². The van der Waals surface area contributed by atoms with Crippen LogP contribution in [0.3, 0.4) is 0 Å². The number of benzene rings is 1. The van der Waals surface area contributed by atoms with E-state index in [9.17, 15) is 0 Å². The molecule has 2 aliphatic carbocycles. The zero-order valence-corrected chi connectivity index (χ0v) is 12.6. The highest BCUT2D eigenvalue weighted by Crippen LogP contribution is 2.41. The summed E-state index contributed by atoms with van der Waals surface area (Å²) < 4.78 is 5.49. The zero-order chi connectivity index (χ0) is 13.8. The molecule has 0 heterocycles. The van der Waals surface area contributed by atoms with Crippen molar-refractivity contribution in [3.05, 3.63) is 24.3 Å². The third kappa shape index (κ3) is 3.28. The minimum atomic E-state index is 0.673. The average molecular weight is 273 g/mol. The van der Waals surface area contributed by atoms with Crippen molar-refractivity contribution in [2.75, 3.05) is 11.9 Å². The first-order valence-corrected chi connectivity index (χ1v) is 8.34. The van der Waals surface area contributed by atoms with Gasteiger partial charge in [-0.1, -0.05) is 25.7 Å². The average Bonchev–Trinajstić information content (AvgIpc) is 2.49. The molecule has 0 amide bonds. The van der Waals surface area contributed by atoms with Crippen molar-refractivity contribution in [2.24, 2.45) is 11.8 Å². The van der Waals surface area contributed by atoms with Crippen molar-refractivity contribution < 1.29 is 4.74 Å². The summed E-state index contributed by atoms with van der Waals surface area (Å²) in [4.78, 5) is 0. The molecule has 2 heteroatoms. The molecule has 0 aliphatic heterocycles. The molecule has 1 aromatic carbocycles. The summed E-state index contributed by atoms with van der Waals surface area (Å²) in [5.41, 5.74) is 1.24. The maximum Gasteiger partial charge on any atom is 0.119 e. The molecule has 0 aromatic heterocycles. The van der Waals surface area contributed by atoms with E-state index in [2.05, 4.69) is 29.6 Å². The van der Waals surface area contributed by atoms with E-state index >= 15 is 0 Å². The Hall–Kier alpha value is -1.18. The smallest absolute Gasteiger partial charge is 0.119 e. The number of rotatable bonds is 4. The maximum atomic E-state index is 5.49. The lowest BCUT2D eigenvalue weighted by Crippen LogP contribution is -2.34. The van der Waals surface area contributed by atoms with Gasteiger partial charge in [0.25, 0.3) is 0 Å². The minimum Gasteiger partial charge on any atom is -0.494 e. The fraction of sp³-hybridized carbons (Fsp3) is 0.667. The van der Waals surface area contributed by atoms with Crippen LogP contribution in [0.25, 0.3) is 0 Å². The summed E-state index contributed by atoms with van der Waals surface area (Å²) in [6.07, 6.45) is 10.0. The molecule has 20 heavy (non-hydrogen) atoms. The SMILES string of the molecule is CCOc1ccc(NC2CCC3CCCCC3C2)cc1. The highest BCUT2D eigenvalue weighted by atomic mass is 16.5. The van der Waals surface area contributed by atoms with Crippen molar-refractivity contribution in [1.29, 1.82) is 0 Å². The molecule has 2 saturated carbocycles. The van der Waals surface area contributed by atoms with Crippen molar-refractivity contribution >= 4 is 5.69 Å². The molecular weight excluding hydrogens is 246 g/mol. The van der Waals surface area contributed by atoms with E-state index in [1.807, 2.05) is 6.92 Å². The second-order valence-electron chi connectivity index (χ2n) is 6.42. The molecule has 2 fully saturated rings. The lowest BCUT2D eigenvalue weighted by molar-refractivity contribution is 0.162. The van der Waals surface area contributed by atoms with E-state index in [1.165, 1.54) is 50.6 Å². The van der Waals surface area contributed by atoms with Crippen LogP contribution in [0.15, 0.2) is 24.3 Å². The first-order chi connectivity index (χ1) is 9.85. The molecule has 1 N–H and O–H groups in total. The van der Waals surface area contributed by atoms with Crippen LogP contribution in [-0.4, -0.2) is 12.6 Å². The Bertz CT molecular complexity index is 414. The number of ether oxygens (including phenoxy) is 1. The molecular formula is C18H27NO. The van der Waals surface area contributed by atoms with Gasteiger partial charge < -0.3 is 10.1 Å². The molecule has 2 aliphatic rings. The topological polar surface area (TPSA) is 21.3 Å². The summed E-state index contributed by atoms with van der Waals surface area (Å²) in [5, 5.41) is 3.73. The fourth-order valence-corrected chi connectivity index (χ4v) is 4.05.